The van der Waals surface area contributed by atoms with Gasteiger partial charge in [-0.25, -0.2) is 0 Å². The predicted octanol–water partition coefficient (Wildman–Crippen LogP) is -1.30. The normalized spacial score (nSPS) is 15.1. The number of nitrogens with one attached hydrogen (secondary N) is 1. The molecule has 2 atom stereocenters. The number of methoxy groups -OCH3 is 1. The minimum atomic E-state index is -0.592. The van der Waals surface area contributed by atoms with E-state index in [9.17, 15) is 4.79 Å². The molecule has 0 saturated heterocycles. The van der Waals surface area contributed by atoms with Crippen LogP contribution in [0.15, 0.2) is 0 Å². The van der Waals surface area contributed by atoms with Crippen molar-refractivity contribution in [3.8, 4) is 0 Å². The Kier molecular flexibility index (Phi) is 6.48. The monoisotopic (exact) mass is 190 g/mol. The lowest BCUT2D eigenvalue weighted by Crippen LogP contribution is -2.42. The van der Waals surface area contributed by atoms with Gasteiger partial charge in [0.25, 0.3) is 0 Å². The van der Waals surface area contributed by atoms with Crippen LogP contribution in [0.1, 0.15) is 6.92 Å². The summed E-state index contributed by atoms with van der Waals surface area (Å²) < 4.78 is 4.83. The molecule has 0 saturated carbocycles. The van der Waals surface area contributed by atoms with Gasteiger partial charge in [-0.2, -0.15) is 0 Å². The Morgan fingerprint density at radius 3 is 2.69 bits per heavy atom. The molecule has 0 fully saturated rings. The number of nitrogens with two attached hydrogens (primary N) is 1. The lowest BCUT2D eigenvalue weighted by Gasteiger charge is -2.14. The van der Waals surface area contributed by atoms with Gasteiger partial charge in [0.1, 0.15) is 6.10 Å². The molecule has 0 heterocycles. The van der Waals surface area contributed by atoms with E-state index in [1.54, 1.807) is 0 Å². The van der Waals surface area contributed by atoms with Gasteiger partial charge in [-0.15, -0.1) is 0 Å². The predicted molar refractivity (Wildman–Crippen MR) is 49.1 cm³/mol. The van der Waals surface area contributed by atoms with E-state index in [4.69, 9.17) is 15.6 Å². The number of ether oxygens (including phenoxy) is 1. The average molecular weight is 190 g/mol. The fourth-order valence-corrected chi connectivity index (χ4v) is 0.764. The third-order valence-electron chi connectivity index (χ3n) is 1.73. The number of carbonyl (C=O) groups excluding carboxylic acids is 1. The summed E-state index contributed by atoms with van der Waals surface area (Å²) in [5.74, 6) is -0.176. The van der Waals surface area contributed by atoms with Crippen molar-refractivity contribution < 1.29 is 14.6 Å². The minimum absolute atomic E-state index is 0.0548. The smallest absolute Gasteiger partial charge is 0.250 e. The summed E-state index contributed by atoms with van der Waals surface area (Å²) >= 11 is 0. The van der Waals surface area contributed by atoms with Crippen molar-refractivity contribution in [1.29, 1.82) is 0 Å². The summed E-state index contributed by atoms with van der Waals surface area (Å²) in [5.41, 5.74) is 5.29. The van der Waals surface area contributed by atoms with Gasteiger partial charge in [-0.3, -0.25) is 4.79 Å². The Bertz CT molecular complexity index is 148. The van der Waals surface area contributed by atoms with Gasteiger partial charge in [-0.1, -0.05) is 6.92 Å². The molecule has 0 bridgehead atoms. The summed E-state index contributed by atoms with van der Waals surface area (Å²) in [5, 5.41) is 11.3. The second-order valence-corrected chi connectivity index (χ2v) is 2.99. The van der Waals surface area contributed by atoms with Crippen LogP contribution in [0.3, 0.4) is 0 Å². The van der Waals surface area contributed by atoms with Gasteiger partial charge in [0.05, 0.1) is 0 Å². The zero-order valence-corrected chi connectivity index (χ0v) is 8.12. The maximum Gasteiger partial charge on any atom is 0.250 e. The highest BCUT2D eigenvalue weighted by atomic mass is 16.5. The number of hydrogen-bond acceptors (Lipinski definition) is 4. The summed E-state index contributed by atoms with van der Waals surface area (Å²) in [7, 11) is 1.44. The molecular weight excluding hydrogens is 172 g/mol. The highest BCUT2D eigenvalue weighted by molar-refractivity contribution is 5.80. The molecule has 0 aliphatic carbocycles. The highest BCUT2D eigenvalue weighted by Gasteiger charge is 2.15. The van der Waals surface area contributed by atoms with Crippen LogP contribution in [-0.2, 0) is 9.53 Å². The van der Waals surface area contributed by atoms with Crippen molar-refractivity contribution in [2.24, 2.45) is 11.7 Å². The van der Waals surface area contributed by atoms with Gasteiger partial charge in [-0.05, 0) is 5.92 Å². The highest BCUT2D eigenvalue weighted by Crippen LogP contribution is 1.91. The molecule has 0 aromatic rings. The van der Waals surface area contributed by atoms with Gasteiger partial charge in [0.2, 0.25) is 5.91 Å². The molecule has 0 aliphatic rings. The maximum absolute atomic E-state index is 11.2. The Morgan fingerprint density at radius 2 is 2.31 bits per heavy atom. The molecule has 78 valence electrons. The second kappa shape index (κ2) is 6.82. The fourth-order valence-electron chi connectivity index (χ4n) is 0.764. The van der Waals surface area contributed by atoms with Crippen LogP contribution in [0.25, 0.3) is 0 Å². The Morgan fingerprint density at radius 1 is 1.69 bits per heavy atom. The average Bonchev–Trinajstić information content (AvgIpc) is 2.16. The Balaban J connectivity index is 3.72. The Labute approximate surface area is 78.3 Å². The van der Waals surface area contributed by atoms with Crippen LogP contribution in [0, 0.1) is 5.92 Å². The molecule has 5 nitrogen and oxygen atoms in total. The second-order valence-electron chi connectivity index (χ2n) is 2.99. The van der Waals surface area contributed by atoms with Gasteiger partial charge >= 0.3 is 0 Å². The van der Waals surface area contributed by atoms with Crippen molar-refractivity contribution in [1.82, 2.24) is 5.32 Å². The number of carbonyl (C=O) groups is 1. The van der Waals surface area contributed by atoms with E-state index in [1.165, 1.54) is 7.11 Å². The fraction of sp³-hybridized carbons (Fsp3) is 0.875. The van der Waals surface area contributed by atoms with E-state index in [1.807, 2.05) is 6.92 Å². The van der Waals surface area contributed by atoms with Crippen LogP contribution < -0.4 is 11.1 Å². The first-order valence-corrected chi connectivity index (χ1v) is 4.27. The van der Waals surface area contributed by atoms with Crippen LogP contribution in [0.4, 0.5) is 0 Å². The number of aliphatic hydroxyl groups is 1. The molecule has 0 spiro atoms. The zero-order chi connectivity index (χ0) is 10.3. The number of aliphatic hydroxyl groups excluding tert-OH is 1. The van der Waals surface area contributed by atoms with Crippen molar-refractivity contribution in [2.75, 3.05) is 26.8 Å². The lowest BCUT2D eigenvalue weighted by atomic mass is 10.2. The molecule has 4 N–H and O–H groups in total. The standard InChI is InChI=1S/C8H18N2O3/c1-6(5-11)4-10-8(12)7(3-9)13-2/h6-7,11H,3-5,9H2,1-2H3,(H,10,12). The molecule has 0 aromatic carbocycles. The third kappa shape index (κ3) is 4.82. The summed E-state index contributed by atoms with van der Waals surface area (Å²) in [6, 6.07) is 0. The first-order chi connectivity index (χ1) is 6.15. The molecule has 1 amide bonds. The van der Waals surface area contributed by atoms with Crippen molar-refractivity contribution in [2.45, 2.75) is 13.0 Å². The first-order valence-electron chi connectivity index (χ1n) is 4.27. The number of hydrogen-bond donors (Lipinski definition) is 3. The van der Waals surface area contributed by atoms with Gasteiger partial charge in [0.15, 0.2) is 0 Å². The molecule has 2 unspecified atom stereocenters. The van der Waals surface area contributed by atoms with Crippen molar-refractivity contribution >= 4 is 5.91 Å². The zero-order valence-electron chi connectivity index (χ0n) is 8.12. The van der Waals surface area contributed by atoms with Crippen LogP contribution in [0.2, 0.25) is 0 Å². The van der Waals surface area contributed by atoms with Gasteiger partial charge in [0, 0.05) is 26.8 Å². The minimum Gasteiger partial charge on any atom is -0.396 e. The molecule has 13 heavy (non-hydrogen) atoms. The van der Waals surface area contributed by atoms with Crippen molar-refractivity contribution in [3.05, 3.63) is 0 Å². The van der Waals surface area contributed by atoms with Crippen molar-refractivity contribution in [3.63, 3.8) is 0 Å². The topological polar surface area (TPSA) is 84.6 Å². The van der Waals surface area contributed by atoms with Crippen LogP contribution >= 0.6 is 0 Å². The van der Waals surface area contributed by atoms with E-state index in [0.29, 0.717) is 6.54 Å². The largest absolute Gasteiger partial charge is 0.396 e. The summed E-state index contributed by atoms with van der Waals surface area (Å²) in [6.07, 6.45) is -0.592. The Hall–Kier alpha value is -0.650. The first kappa shape index (κ1) is 12.3. The van der Waals surface area contributed by atoms with Crippen LogP contribution in [0.5, 0.6) is 0 Å². The summed E-state index contributed by atoms with van der Waals surface area (Å²) in [4.78, 5) is 11.2. The van der Waals surface area contributed by atoms with E-state index in [-0.39, 0.29) is 25.0 Å². The van der Waals surface area contributed by atoms with Gasteiger partial charge < -0.3 is 20.9 Å². The molecular formula is C8H18N2O3. The molecule has 0 aromatic heterocycles. The van der Waals surface area contributed by atoms with E-state index < -0.39 is 6.10 Å². The van der Waals surface area contributed by atoms with E-state index in [2.05, 4.69) is 5.32 Å². The maximum atomic E-state index is 11.2. The number of amides is 1. The quantitative estimate of drug-likeness (QED) is 0.486. The molecule has 0 rings (SSSR count). The molecule has 5 heteroatoms. The number of rotatable bonds is 6. The SMILES string of the molecule is COC(CN)C(=O)NCC(C)CO. The van der Waals surface area contributed by atoms with Crippen LogP contribution in [-0.4, -0.2) is 43.9 Å². The van der Waals surface area contributed by atoms with E-state index >= 15 is 0 Å². The van der Waals surface area contributed by atoms with E-state index in [0.717, 1.165) is 0 Å². The lowest BCUT2D eigenvalue weighted by molar-refractivity contribution is -0.130. The third-order valence-corrected chi connectivity index (χ3v) is 1.73. The molecule has 0 radical (unpaired) electrons. The summed E-state index contributed by atoms with van der Waals surface area (Å²) in [6.45, 7) is 2.50. The molecule has 0 aliphatic heterocycles.